The van der Waals surface area contributed by atoms with E-state index in [9.17, 15) is 22.8 Å². The molecule has 1 saturated heterocycles. The quantitative estimate of drug-likeness (QED) is 0.908. The number of hydrogen-bond acceptors (Lipinski definition) is 3. The number of hydrogen-bond donors (Lipinski definition) is 1. The molecule has 1 aliphatic rings. The topological polar surface area (TPSA) is 62.4 Å². The average molecular weight is 366 g/mol. The van der Waals surface area contributed by atoms with Crippen molar-refractivity contribution >= 4 is 5.91 Å². The minimum atomic E-state index is -4.40. The number of morpholine rings is 1. The van der Waals surface area contributed by atoms with E-state index in [0.717, 1.165) is 12.1 Å². The Balaban J connectivity index is 1.70. The van der Waals surface area contributed by atoms with Crippen LogP contribution in [0.5, 0.6) is 0 Å². The summed E-state index contributed by atoms with van der Waals surface area (Å²) in [5, 5.41) is 0. The third-order valence-corrected chi connectivity index (χ3v) is 4.19. The number of nitrogens with one attached hydrogen (secondary N) is 1. The zero-order chi connectivity index (χ0) is 18.7. The summed E-state index contributed by atoms with van der Waals surface area (Å²) in [4.78, 5) is 28.2. The molecule has 1 N–H and O–H groups in total. The highest BCUT2D eigenvalue weighted by Gasteiger charge is 2.31. The zero-order valence-corrected chi connectivity index (χ0v) is 13.8. The molecule has 1 fully saturated rings. The molecule has 0 unspecified atom stereocenters. The first-order valence-electron chi connectivity index (χ1n) is 8.09. The van der Waals surface area contributed by atoms with Gasteiger partial charge in [-0.2, -0.15) is 13.2 Å². The van der Waals surface area contributed by atoms with Gasteiger partial charge in [-0.25, -0.2) is 0 Å². The van der Waals surface area contributed by atoms with E-state index < -0.39 is 29.3 Å². The third-order valence-electron chi connectivity index (χ3n) is 4.19. The van der Waals surface area contributed by atoms with Crippen LogP contribution in [0.3, 0.4) is 0 Å². The first kappa shape index (κ1) is 18.2. The maximum Gasteiger partial charge on any atom is 0.416 e. The molecule has 3 rings (SSSR count). The fourth-order valence-electron chi connectivity index (χ4n) is 2.93. The highest BCUT2D eigenvalue weighted by atomic mass is 19.4. The molecule has 1 aliphatic heterocycles. The van der Waals surface area contributed by atoms with Gasteiger partial charge in [-0.1, -0.05) is 18.2 Å². The van der Waals surface area contributed by atoms with Crippen molar-refractivity contribution in [3.8, 4) is 0 Å². The van der Waals surface area contributed by atoms with Gasteiger partial charge in [-0.15, -0.1) is 0 Å². The molecule has 2 heterocycles. The van der Waals surface area contributed by atoms with Crippen LogP contribution >= 0.6 is 0 Å². The lowest BCUT2D eigenvalue weighted by atomic mass is 10.0. The molecule has 26 heavy (non-hydrogen) atoms. The number of benzene rings is 1. The number of aromatic nitrogens is 1. The van der Waals surface area contributed by atoms with E-state index in [0.29, 0.717) is 12.1 Å². The Morgan fingerprint density at radius 3 is 2.81 bits per heavy atom. The normalized spacial score (nSPS) is 18.0. The van der Waals surface area contributed by atoms with E-state index in [1.807, 2.05) is 0 Å². The summed E-state index contributed by atoms with van der Waals surface area (Å²) in [5.41, 5.74) is -0.670. The molecule has 0 aliphatic carbocycles. The van der Waals surface area contributed by atoms with Gasteiger partial charge in [0.05, 0.1) is 18.3 Å². The number of halogens is 3. The smallest absolute Gasteiger partial charge is 0.374 e. The summed E-state index contributed by atoms with van der Waals surface area (Å²) >= 11 is 0. The molecule has 1 aromatic heterocycles. The number of ether oxygens (including phenoxy) is 1. The number of pyridine rings is 1. The summed E-state index contributed by atoms with van der Waals surface area (Å²) in [6.07, 6.45) is -3.15. The Morgan fingerprint density at radius 2 is 2.08 bits per heavy atom. The van der Waals surface area contributed by atoms with E-state index in [1.54, 1.807) is 12.1 Å². The number of carbonyl (C=O) groups excluding carboxylic acids is 1. The summed E-state index contributed by atoms with van der Waals surface area (Å²) in [7, 11) is 0. The van der Waals surface area contributed by atoms with Gasteiger partial charge in [-0.05, 0) is 23.8 Å². The molecule has 2 aromatic rings. The highest BCUT2D eigenvalue weighted by molar-refractivity contribution is 5.93. The minimum Gasteiger partial charge on any atom is -0.374 e. The highest BCUT2D eigenvalue weighted by Crippen LogP contribution is 2.30. The monoisotopic (exact) mass is 366 g/mol. The maximum atomic E-state index is 12.8. The second-order valence-corrected chi connectivity index (χ2v) is 6.06. The first-order chi connectivity index (χ1) is 12.3. The molecule has 138 valence electrons. The lowest BCUT2D eigenvalue weighted by molar-refractivity contribution is -0.137. The number of carbonyl (C=O) groups is 1. The molecule has 8 heteroatoms. The summed E-state index contributed by atoms with van der Waals surface area (Å²) in [5.74, 6) is -0.413. The SMILES string of the molecule is O=C(c1ccc[nH]c1=O)N1CCO[C@@H](Cc2cccc(C(F)(F)F)c2)C1. The van der Waals surface area contributed by atoms with Crippen LogP contribution in [0.1, 0.15) is 21.5 Å². The summed E-state index contributed by atoms with van der Waals surface area (Å²) in [6.45, 7) is 0.801. The van der Waals surface area contributed by atoms with E-state index in [4.69, 9.17) is 4.74 Å². The van der Waals surface area contributed by atoms with Crippen molar-refractivity contribution in [3.05, 3.63) is 69.6 Å². The minimum absolute atomic E-state index is 0.0345. The first-order valence-corrected chi connectivity index (χ1v) is 8.09. The molecule has 1 atom stereocenters. The van der Waals surface area contributed by atoms with Gasteiger partial charge >= 0.3 is 6.18 Å². The molecule has 0 bridgehead atoms. The van der Waals surface area contributed by atoms with Crippen LogP contribution in [0.2, 0.25) is 0 Å². The fraction of sp³-hybridized carbons (Fsp3) is 0.333. The lowest BCUT2D eigenvalue weighted by Crippen LogP contribution is -2.47. The molecular formula is C18H17F3N2O3. The van der Waals surface area contributed by atoms with Gasteiger partial charge < -0.3 is 14.6 Å². The fourth-order valence-corrected chi connectivity index (χ4v) is 2.93. The number of aromatic amines is 1. The van der Waals surface area contributed by atoms with Gasteiger partial charge in [0, 0.05) is 25.7 Å². The maximum absolute atomic E-state index is 12.8. The van der Waals surface area contributed by atoms with Gasteiger partial charge in [0.2, 0.25) is 0 Å². The van der Waals surface area contributed by atoms with Gasteiger partial charge in [-0.3, -0.25) is 9.59 Å². The van der Waals surface area contributed by atoms with Crippen molar-refractivity contribution in [2.24, 2.45) is 0 Å². The van der Waals surface area contributed by atoms with Crippen molar-refractivity contribution in [2.45, 2.75) is 18.7 Å². The Kier molecular flexibility index (Phi) is 5.13. The number of alkyl halides is 3. The standard InChI is InChI=1S/C18H17F3N2O3/c19-18(20,21)13-4-1-3-12(9-13)10-14-11-23(7-8-26-14)17(25)15-5-2-6-22-16(15)24/h1-6,9,14H,7-8,10-11H2,(H,22,24)/t14-/m0/s1. The van der Waals surface area contributed by atoms with Crippen molar-refractivity contribution in [3.63, 3.8) is 0 Å². The lowest BCUT2D eigenvalue weighted by Gasteiger charge is -2.33. The van der Waals surface area contributed by atoms with Crippen LogP contribution in [-0.4, -0.2) is 41.6 Å². The predicted molar refractivity (Wildman–Crippen MR) is 87.9 cm³/mol. The number of amides is 1. The van der Waals surface area contributed by atoms with Crippen molar-refractivity contribution in [2.75, 3.05) is 19.7 Å². The van der Waals surface area contributed by atoms with Gasteiger partial charge in [0.15, 0.2) is 0 Å². The molecular weight excluding hydrogens is 349 g/mol. The van der Waals surface area contributed by atoms with E-state index in [1.165, 1.54) is 23.2 Å². The summed E-state index contributed by atoms with van der Waals surface area (Å²) < 4.78 is 44.1. The van der Waals surface area contributed by atoms with Gasteiger partial charge in [0.1, 0.15) is 5.56 Å². The average Bonchev–Trinajstić information content (AvgIpc) is 2.61. The molecule has 0 saturated carbocycles. The predicted octanol–water partition coefficient (Wildman–Crippen LogP) is 2.48. The second kappa shape index (κ2) is 7.33. The molecule has 1 aromatic carbocycles. The number of H-pyrrole nitrogens is 1. The van der Waals surface area contributed by atoms with E-state index in [-0.39, 0.29) is 25.1 Å². The summed E-state index contributed by atoms with van der Waals surface area (Å²) in [6, 6.07) is 8.07. The Morgan fingerprint density at radius 1 is 1.27 bits per heavy atom. The van der Waals surface area contributed by atoms with Crippen molar-refractivity contribution in [1.82, 2.24) is 9.88 Å². The second-order valence-electron chi connectivity index (χ2n) is 6.06. The third kappa shape index (κ3) is 4.13. The Bertz CT molecular complexity index is 848. The van der Waals surface area contributed by atoms with Crippen LogP contribution < -0.4 is 5.56 Å². The van der Waals surface area contributed by atoms with E-state index >= 15 is 0 Å². The number of rotatable bonds is 3. The Hall–Kier alpha value is -2.61. The molecule has 5 nitrogen and oxygen atoms in total. The van der Waals surface area contributed by atoms with Crippen LogP contribution in [0.25, 0.3) is 0 Å². The van der Waals surface area contributed by atoms with Crippen LogP contribution in [-0.2, 0) is 17.3 Å². The van der Waals surface area contributed by atoms with Crippen molar-refractivity contribution in [1.29, 1.82) is 0 Å². The zero-order valence-electron chi connectivity index (χ0n) is 13.8. The van der Waals surface area contributed by atoms with Crippen molar-refractivity contribution < 1.29 is 22.7 Å². The molecule has 0 radical (unpaired) electrons. The Labute approximate surface area is 147 Å². The van der Waals surface area contributed by atoms with Gasteiger partial charge in [0.25, 0.3) is 11.5 Å². The largest absolute Gasteiger partial charge is 0.416 e. The van der Waals surface area contributed by atoms with E-state index in [2.05, 4.69) is 4.98 Å². The van der Waals surface area contributed by atoms with Crippen LogP contribution in [0, 0.1) is 0 Å². The van der Waals surface area contributed by atoms with Crippen LogP contribution in [0.15, 0.2) is 47.4 Å². The number of nitrogens with zero attached hydrogens (tertiary/aromatic N) is 1. The van der Waals surface area contributed by atoms with Crippen LogP contribution in [0.4, 0.5) is 13.2 Å². The molecule has 0 spiro atoms. The molecule has 1 amide bonds.